The highest BCUT2D eigenvalue weighted by atomic mass is 16.3. The van der Waals surface area contributed by atoms with E-state index >= 15 is 0 Å². The maximum atomic E-state index is 6.43. The maximum absolute atomic E-state index is 6.43. The van der Waals surface area contributed by atoms with Gasteiger partial charge in [0.1, 0.15) is 11.2 Å². The van der Waals surface area contributed by atoms with Crippen LogP contribution < -0.4 is 0 Å². The normalized spacial score (nSPS) is 11.7. The molecule has 0 aliphatic rings. The molecule has 2 heterocycles. The Bertz CT molecular complexity index is 2760. The fourth-order valence-electron chi connectivity index (χ4n) is 7.46. The molecule has 0 atom stereocenters. The van der Waals surface area contributed by atoms with Gasteiger partial charge in [0.15, 0.2) is 5.82 Å². The fourth-order valence-corrected chi connectivity index (χ4v) is 7.46. The molecule has 0 unspecified atom stereocenters. The summed E-state index contributed by atoms with van der Waals surface area (Å²) in [6, 6.07) is 59.5. The lowest BCUT2D eigenvalue weighted by molar-refractivity contribution is 0.669. The molecule has 10 aromatic rings. The maximum Gasteiger partial charge on any atom is 0.160 e. The molecule has 8 aromatic carbocycles. The highest BCUT2D eigenvalue weighted by Crippen LogP contribution is 2.47. The first-order chi connectivity index (χ1) is 24.3. The number of aromatic nitrogens is 2. The summed E-state index contributed by atoms with van der Waals surface area (Å²) in [4.78, 5) is 10.2. The van der Waals surface area contributed by atoms with Crippen LogP contribution >= 0.6 is 0 Å². The van der Waals surface area contributed by atoms with E-state index in [1.54, 1.807) is 0 Å². The molecule has 3 nitrogen and oxygen atoms in total. The van der Waals surface area contributed by atoms with Crippen molar-refractivity contribution in [3.63, 3.8) is 0 Å². The first-order valence-electron chi connectivity index (χ1n) is 16.6. The Morgan fingerprint density at radius 3 is 1.63 bits per heavy atom. The first-order valence-corrected chi connectivity index (χ1v) is 16.6. The third-order valence-electron chi connectivity index (χ3n) is 9.66. The number of hydrogen-bond acceptors (Lipinski definition) is 3. The molecule has 0 N–H and O–H groups in total. The van der Waals surface area contributed by atoms with Gasteiger partial charge in [0.2, 0.25) is 0 Å². The lowest BCUT2D eigenvalue weighted by Gasteiger charge is -2.16. The number of nitrogens with zero attached hydrogens (tertiary/aromatic N) is 2. The number of hydrogen-bond donors (Lipinski definition) is 0. The second-order valence-corrected chi connectivity index (χ2v) is 12.5. The molecule has 2 aromatic heterocycles. The predicted octanol–water partition coefficient (Wildman–Crippen LogP) is 12.5. The van der Waals surface area contributed by atoms with Crippen molar-refractivity contribution < 1.29 is 4.42 Å². The van der Waals surface area contributed by atoms with Gasteiger partial charge in [-0.1, -0.05) is 140 Å². The van der Waals surface area contributed by atoms with Gasteiger partial charge in [-0.15, -0.1) is 0 Å². The number of fused-ring (bicyclic) bond motifs is 3. The van der Waals surface area contributed by atoms with Crippen LogP contribution in [-0.2, 0) is 0 Å². The summed E-state index contributed by atoms with van der Waals surface area (Å²) >= 11 is 0. The van der Waals surface area contributed by atoms with Crippen LogP contribution in [0.3, 0.4) is 0 Å². The van der Waals surface area contributed by atoms with E-state index in [1.165, 1.54) is 43.4 Å². The van der Waals surface area contributed by atoms with Gasteiger partial charge in [0, 0.05) is 32.8 Å². The van der Waals surface area contributed by atoms with Gasteiger partial charge >= 0.3 is 0 Å². The third kappa shape index (κ3) is 4.44. The molecule has 228 valence electrons. The summed E-state index contributed by atoms with van der Waals surface area (Å²) in [5.74, 6) is 0.697. The first kappa shape index (κ1) is 27.5. The molecule has 0 spiro atoms. The molecule has 0 saturated carbocycles. The van der Waals surface area contributed by atoms with Gasteiger partial charge in [-0.25, -0.2) is 9.97 Å². The summed E-state index contributed by atoms with van der Waals surface area (Å²) in [6.45, 7) is 0. The molecule has 0 aliphatic carbocycles. The molecule has 3 heteroatoms. The van der Waals surface area contributed by atoms with E-state index in [2.05, 4.69) is 133 Å². The smallest absolute Gasteiger partial charge is 0.160 e. The van der Waals surface area contributed by atoms with Crippen molar-refractivity contribution in [3.8, 4) is 56.2 Å². The van der Waals surface area contributed by atoms with Crippen LogP contribution in [0.4, 0.5) is 0 Å². The third-order valence-corrected chi connectivity index (χ3v) is 9.66. The zero-order valence-electron chi connectivity index (χ0n) is 26.5. The molecule has 49 heavy (non-hydrogen) atoms. The van der Waals surface area contributed by atoms with Crippen molar-refractivity contribution in [1.29, 1.82) is 0 Å². The second kappa shape index (κ2) is 11.0. The Labute approximate surface area is 283 Å². The standard InChI is InChI=1S/C46H28N2O/c1-3-13-29(14-4-1)39-28-40(30-15-5-2-6-16-30)48-46(47-39)32-18-11-17-31(27-32)33-19-7-8-20-34(33)38-25-26-42-45-43(38)36-22-10-9-21-35(36)37-23-12-24-41(49-42)44(37)45/h1-28H. The van der Waals surface area contributed by atoms with Crippen LogP contribution in [0.25, 0.3) is 99.6 Å². The van der Waals surface area contributed by atoms with E-state index in [1.807, 2.05) is 36.4 Å². The van der Waals surface area contributed by atoms with E-state index < -0.39 is 0 Å². The quantitative estimate of drug-likeness (QED) is 0.179. The number of rotatable bonds is 5. The average Bonchev–Trinajstić information content (AvgIpc) is 3.57. The van der Waals surface area contributed by atoms with Crippen LogP contribution in [0.1, 0.15) is 0 Å². The molecular formula is C46H28N2O. The number of benzene rings is 8. The average molecular weight is 625 g/mol. The van der Waals surface area contributed by atoms with Crippen LogP contribution in [0.2, 0.25) is 0 Å². The zero-order chi connectivity index (χ0) is 32.3. The van der Waals surface area contributed by atoms with E-state index in [0.717, 1.165) is 50.4 Å². The van der Waals surface area contributed by atoms with Gasteiger partial charge < -0.3 is 4.42 Å². The van der Waals surface area contributed by atoms with E-state index in [9.17, 15) is 0 Å². The van der Waals surface area contributed by atoms with Gasteiger partial charge in [-0.05, 0) is 68.7 Å². The predicted molar refractivity (Wildman–Crippen MR) is 203 cm³/mol. The summed E-state index contributed by atoms with van der Waals surface area (Å²) in [6.07, 6.45) is 0. The van der Waals surface area contributed by atoms with Gasteiger partial charge in [0.05, 0.1) is 11.4 Å². The van der Waals surface area contributed by atoms with Gasteiger partial charge in [-0.3, -0.25) is 0 Å². The van der Waals surface area contributed by atoms with Gasteiger partial charge in [-0.2, -0.15) is 0 Å². The van der Waals surface area contributed by atoms with Crippen LogP contribution in [0.5, 0.6) is 0 Å². The minimum atomic E-state index is 0.697. The molecule has 0 amide bonds. The van der Waals surface area contributed by atoms with Crippen molar-refractivity contribution in [1.82, 2.24) is 9.97 Å². The highest BCUT2D eigenvalue weighted by molar-refractivity contribution is 6.35. The molecule has 0 saturated heterocycles. The lowest BCUT2D eigenvalue weighted by atomic mass is 9.87. The summed E-state index contributed by atoms with van der Waals surface area (Å²) in [7, 11) is 0. The topological polar surface area (TPSA) is 38.9 Å². The van der Waals surface area contributed by atoms with E-state index in [4.69, 9.17) is 14.4 Å². The van der Waals surface area contributed by atoms with Crippen molar-refractivity contribution in [3.05, 3.63) is 170 Å². The number of furan rings is 1. The molecule has 0 radical (unpaired) electrons. The Kier molecular flexibility index (Phi) is 6.18. The van der Waals surface area contributed by atoms with Crippen molar-refractivity contribution in [2.45, 2.75) is 0 Å². The molecule has 0 fully saturated rings. The van der Waals surface area contributed by atoms with E-state index in [-0.39, 0.29) is 0 Å². The molecule has 0 aliphatic heterocycles. The van der Waals surface area contributed by atoms with Crippen LogP contribution in [0.15, 0.2) is 174 Å². The summed E-state index contributed by atoms with van der Waals surface area (Å²) in [5.41, 5.74) is 11.3. The van der Waals surface area contributed by atoms with Crippen molar-refractivity contribution in [2.75, 3.05) is 0 Å². The lowest BCUT2D eigenvalue weighted by Crippen LogP contribution is -1.96. The summed E-state index contributed by atoms with van der Waals surface area (Å²) < 4.78 is 6.43. The monoisotopic (exact) mass is 624 g/mol. The SMILES string of the molecule is c1ccc(-c2cc(-c3ccccc3)nc(-c3cccc(-c4ccccc4-c4ccc5oc6cccc7c8ccccc8c4c5c67)c3)n2)cc1. The highest BCUT2D eigenvalue weighted by Gasteiger charge is 2.21. The fraction of sp³-hybridized carbons (Fsp3) is 0. The van der Waals surface area contributed by atoms with Crippen LogP contribution in [0, 0.1) is 0 Å². The molecular weight excluding hydrogens is 597 g/mol. The summed E-state index contributed by atoms with van der Waals surface area (Å²) in [5, 5.41) is 7.29. The van der Waals surface area contributed by atoms with Crippen molar-refractivity contribution >= 4 is 43.5 Å². The zero-order valence-corrected chi connectivity index (χ0v) is 26.5. The Morgan fingerprint density at radius 2 is 0.878 bits per heavy atom. The minimum absolute atomic E-state index is 0.697. The van der Waals surface area contributed by atoms with E-state index in [0.29, 0.717) is 5.82 Å². The Morgan fingerprint density at radius 1 is 0.327 bits per heavy atom. The Balaban J connectivity index is 1.18. The Hall–Kier alpha value is -6.58. The largest absolute Gasteiger partial charge is 0.456 e. The van der Waals surface area contributed by atoms with Gasteiger partial charge in [0.25, 0.3) is 0 Å². The molecule has 0 bridgehead atoms. The van der Waals surface area contributed by atoms with Crippen molar-refractivity contribution in [2.24, 2.45) is 0 Å². The van der Waals surface area contributed by atoms with Crippen LogP contribution in [-0.4, -0.2) is 9.97 Å². The minimum Gasteiger partial charge on any atom is -0.456 e. The molecule has 10 rings (SSSR count). The second-order valence-electron chi connectivity index (χ2n) is 12.5.